The fraction of sp³-hybridized carbons (Fsp3) is 0.0169. The standard InChI is InChI=1S/C59H38N2/c1-2-16-39(17-3-1)44-20-6-7-21-45(44)41-32-34-42(35-33-41)60(55-31-14-19-40-18-4-5-22-46(40)55)43-36-37-52-50(38-43)47-23-8-10-26-51(47)59(52)53-27-11-13-30-57(53)61-56-29-12-9-24-48(56)49-25-15-28-54(59)58(49)61/h1-38H. The van der Waals surface area contributed by atoms with Crippen molar-refractivity contribution in [2.24, 2.45) is 0 Å². The van der Waals surface area contributed by atoms with Crippen LogP contribution in [-0.2, 0) is 5.41 Å². The minimum atomic E-state index is -0.497. The molecule has 2 heterocycles. The third-order valence-electron chi connectivity index (χ3n) is 13.4. The minimum Gasteiger partial charge on any atom is -0.310 e. The molecule has 1 spiro atoms. The van der Waals surface area contributed by atoms with Gasteiger partial charge in [-0.2, -0.15) is 0 Å². The van der Waals surface area contributed by atoms with E-state index in [0.717, 1.165) is 17.1 Å². The van der Waals surface area contributed by atoms with E-state index in [1.807, 2.05) is 0 Å². The fourth-order valence-electron chi connectivity index (χ4n) is 10.9. The lowest BCUT2D eigenvalue weighted by atomic mass is 9.65. The Morgan fingerprint density at radius 2 is 0.918 bits per heavy atom. The van der Waals surface area contributed by atoms with E-state index in [1.165, 1.54) is 93.9 Å². The molecule has 10 aromatic carbocycles. The first kappa shape index (κ1) is 34.0. The number of nitrogens with zero attached hydrogens (tertiary/aromatic N) is 2. The molecular formula is C59H38N2. The average molecular weight is 775 g/mol. The first-order valence-corrected chi connectivity index (χ1v) is 21.2. The largest absolute Gasteiger partial charge is 0.310 e. The molecule has 2 aliphatic rings. The zero-order chi connectivity index (χ0) is 40.1. The maximum Gasteiger partial charge on any atom is 0.0754 e. The van der Waals surface area contributed by atoms with Crippen molar-refractivity contribution in [1.29, 1.82) is 0 Å². The smallest absolute Gasteiger partial charge is 0.0754 e. The molecule has 2 heteroatoms. The molecule has 1 aromatic heterocycles. The van der Waals surface area contributed by atoms with Gasteiger partial charge in [0.15, 0.2) is 0 Å². The van der Waals surface area contributed by atoms with E-state index >= 15 is 0 Å². The van der Waals surface area contributed by atoms with Gasteiger partial charge < -0.3 is 9.47 Å². The van der Waals surface area contributed by atoms with Crippen molar-refractivity contribution >= 4 is 49.6 Å². The monoisotopic (exact) mass is 774 g/mol. The molecule has 11 aromatic rings. The molecule has 0 saturated carbocycles. The van der Waals surface area contributed by atoms with Gasteiger partial charge in [-0.25, -0.2) is 0 Å². The number of anilines is 3. The normalized spacial score (nSPS) is 14.6. The molecule has 1 aliphatic carbocycles. The number of para-hydroxylation sites is 3. The van der Waals surface area contributed by atoms with Crippen LogP contribution < -0.4 is 4.90 Å². The first-order chi connectivity index (χ1) is 30.3. The maximum absolute atomic E-state index is 2.51. The highest BCUT2D eigenvalue weighted by Gasteiger charge is 2.50. The van der Waals surface area contributed by atoms with Crippen LogP contribution in [0.4, 0.5) is 17.1 Å². The molecule has 0 N–H and O–H groups in total. The Morgan fingerprint density at radius 3 is 1.75 bits per heavy atom. The number of aromatic nitrogens is 1. The topological polar surface area (TPSA) is 8.17 Å². The van der Waals surface area contributed by atoms with Crippen LogP contribution in [0.15, 0.2) is 231 Å². The summed E-state index contributed by atoms with van der Waals surface area (Å²) in [5, 5.41) is 5.00. The third kappa shape index (κ3) is 4.73. The summed E-state index contributed by atoms with van der Waals surface area (Å²) in [7, 11) is 0. The second-order valence-corrected chi connectivity index (χ2v) is 16.4. The van der Waals surface area contributed by atoms with Crippen molar-refractivity contribution in [3.8, 4) is 39.1 Å². The minimum absolute atomic E-state index is 0.497. The summed E-state index contributed by atoms with van der Waals surface area (Å²) in [6.45, 7) is 0. The molecule has 0 fully saturated rings. The summed E-state index contributed by atoms with van der Waals surface area (Å²) >= 11 is 0. The lowest BCUT2D eigenvalue weighted by molar-refractivity contribution is 0.748. The Labute approximate surface area is 354 Å². The number of benzene rings is 10. The zero-order valence-electron chi connectivity index (χ0n) is 33.3. The second kappa shape index (κ2) is 13.0. The summed E-state index contributed by atoms with van der Waals surface area (Å²) in [5.41, 5.74) is 19.3. The molecule has 1 atom stereocenters. The molecule has 2 nitrogen and oxygen atoms in total. The van der Waals surface area contributed by atoms with Crippen molar-refractivity contribution in [3.63, 3.8) is 0 Å². The molecule has 0 radical (unpaired) electrons. The molecule has 13 rings (SSSR count). The molecule has 1 aliphatic heterocycles. The van der Waals surface area contributed by atoms with Crippen LogP contribution in [0.5, 0.6) is 0 Å². The van der Waals surface area contributed by atoms with Gasteiger partial charge in [0.05, 0.1) is 27.8 Å². The van der Waals surface area contributed by atoms with E-state index in [2.05, 4.69) is 240 Å². The summed E-state index contributed by atoms with van der Waals surface area (Å²) in [5.74, 6) is 0. The van der Waals surface area contributed by atoms with Crippen LogP contribution >= 0.6 is 0 Å². The van der Waals surface area contributed by atoms with Crippen LogP contribution in [0, 0.1) is 0 Å². The van der Waals surface area contributed by atoms with Gasteiger partial charge in [-0.05, 0) is 103 Å². The van der Waals surface area contributed by atoms with E-state index in [9.17, 15) is 0 Å². The molecule has 284 valence electrons. The summed E-state index contributed by atoms with van der Waals surface area (Å²) in [6.07, 6.45) is 0. The van der Waals surface area contributed by atoms with E-state index in [-0.39, 0.29) is 0 Å². The van der Waals surface area contributed by atoms with Crippen molar-refractivity contribution in [2.45, 2.75) is 5.41 Å². The van der Waals surface area contributed by atoms with Crippen LogP contribution in [0.2, 0.25) is 0 Å². The van der Waals surface area contributed by atoms with E-state index in [1.54, 1.807) is 0 Å². The average Bonchev–Trinajstić information content (AvgIpc) is 3.83. The Hall–Kier alpha value is -7.94. The van der Waals surface area contributed by atoms with Crippen LogP contribution in [0.3, 0.4) is 0 Å². The van der Waals surface area contributed by atoms with Crippen molar-refractivity contribution in [2.75, 3.05) is 4.90 Å². The fourth-order valence-corrected chi connectivity index (χ4v) is 10.9. The van der Waals surface area contributed by atoms with Gasteiger partial charge in [-0.1, -0.05) is 188 Å². The summed E-state index contributed by atoms with van der Waals surface area (Å²) < 4.78 is 2.51. The highest BCUT2D eigenvalue weighted by Crippen LogP contribution is 2.61. The predicted octanol–water partition coefficient (Wildman–Crippen LogP) is 15.4. The Morgan fingerprint density at radius 1 is 0.344 bits per heavy atom. The van der Waals surface area contributed by atoms with Gasteiger partial charge in [0, 0.05) is 27.5 Å². The van der Waals surface area contributed by atoms with E-state index < -0.39 is 5.41 Å². The second-order valence-electron chi connectivity index (χ2n) is 16.4. The van der Waals surface area contributed by atoms with Gasteiger partial charge in [0.1, 0.15) is 0 Å². The third-order valence-corrected chi connectivity index (χ3v) is 13.4. The lowest BCUT2D eigenvalue weighted by Gasteiger charge is -2.39. The molecule has 0 amide bonds. The maximum atomic E-state index is 2.51. The molecule has 0 saturated heterocycles. The predicted molar refractivity (Wildman–Crippen MR) is 255 cm³/mol. The van der Waals surface area contributed by atoms with Crippen molar-refractivity contribution in [3.05, 3.63) is 253 Å². The van der Waals surface area contributed by atoms with Gasteiger partial charge in [0.25, 0.3) is 0 Å². The number of rotatable bonds is 5. The Bertz CT molecular complexity index is 3530. The first-order valence-electron chi connectivity index (χ1n) is 21.2. The Balaban J connectivity index is 1.04. The van der Waals surface area contributed by atoms with Crippen molar-refractivity contribution in [1.82, 2.24) is 4.57 Å². The SMILES string of the molecule is c1ccc(-c2ccccc2-c2ccc(N(c3ccc4c(c3)-c3ccccc3C43c4ccccc4-n4c5ccccc5c5cccc3c54)c3cccc4ccccc34)cc2)cc1. The molecule has 1 unspecified atom stereocenters. The number of hydrogen-bond donors (Lipinski definition) is 0. The number of fused-ring (bicyclic) bond motifs is 13. The lowest BCUT2D eigenvalue weighted by Crippen LogP contribution is -2.33. The molecular weight excluding hydrogens is 737 g/mol. The van der Waals surface area contributed by atoms with Crippen LogP contribution in [0.25, 0.3) is 71.6 Å². The quantitative estimate of drug-likeness (QED) is 0.169. The highest BCUT2D eigenvalue weighted by molar-refractivity contribution is 6.13. The van der Waals surface area contributed by atoms with Gasteiger partial charge in [-0.3, -0.25) is 0 Å². The van der Waals surface area contributed by atoms with Crippen LogP contribution in [0.1, 0.15) is 22.3 Å². The molecule has 61 heavy (non-hydrogen) atoms. The van der Waals surface area contributed by atoms with E-state index in [4.69, 9.17) is 0 Å². The van der Waals surface area contributed by atoms with Crippen LogP contribution in [-0.4, -0.2) is 4.57 Å². The van der Waals surface area contributed by atoms with Gasteiger partial charge in [0.2, 0.25) is 0 Å². The highest BCUT2D eigenvalue weighted by atomic mass is 15.1. The summed E-state index contributed by atoms with van der Waals surface area (Å²) in [6, 6.07) is 85.3. The van der Waals surface area contributed by atoms with Crippen molar-refractivity contribution < 1.29 is 0 Å². The zero-order valence-corrected chi connectivity index (χ0v) is 33.3. The summed E-state index contributed by atoms with van der Waals surface area (Å²) in [4.78, 5) is 2.45. The van der Waals surface area contributed by atoms with E-state index in [0.29, 0.717) is 0 Å². The van der Waals surface area contributed by atoms with Gasteiger partial charge >= 0.3 is 0 Å². The van der Waals surface area contributed by atoms with Gasteiger partial charge in [-0.15, -0.1) is 0 Å². The molecule has 0 bridgehead atoms. The Kier molecular flexibility index (Phi) is 7.26. The number of hydrogen-bond acceptors (Lipinski definition) is 1.